The van der Waals surface area contributed by atoms with E-state index in [-0.39, 0.29) is 35.9 Å². The highest BCUT2D eigenvalue weighted by molar-refractivity contribution is 7.98. The predicted molar refractivity (Wildman–Crippen MR) is 146 cm³/mol. The predicted octanol–water partition coefficient (Wildman–Crippen LogP) is 4.87. The Morgan fingerprint density at radius 1 is 1.08 bits per heavy atom. The molecular formula is C28H28N6O3S. The highest BCUT2D eigenvalue weighted by Gasteiger charge is 2.25. The Balaban J connectivity index is 1.77. The lowest BCUT2D eigenvalue weighted by Gasteiger charge is -2.33. The van der Waals surface area contributed by atoms with Gasteiger partial charge in [0.15, 0.2) is 0 Å². The van der Waals surface area contributed by atoms with Crippen molar-refractivity contribution in [2.75, 3.05) is 18.8 Å². The van der Waals surface area contributed by atoms with Gasteiger partial charge in [0.1, 0.15) is 28.5 Å². The molecule has 0 spiro atoms. The molecule has 0 radical (unpaired) electrons. The molecule has 0 saturated heterocycles. The Kier molecular flexibility index (Phi) is 8.95. The van der Waals surface area contributed by atoms with E-state index in [0.29, 0.717) is 27.5 Å². The zero-order valence-corrected chi connectivity index (χ0v) is 22.2. The van der Waals surface area contributed by atoms with Crippen molar-refractivity contribution in [3.8, 4) is 23.3 Å². The smallest absolute Gasteiger partial charge is 0.407 e. The summed E-state index contributed by atoms with van der Waals surface area (Å²) in [7, 11) is 0. The minimum absolute atomic E-state index is 0.0478. The van der Waals surface area contributed by atoms with Gasteiger partial charge in [0.25, 0.3) is 5.91 Å². The molecule has 10 heteroatoms. The van der Waals surface area contributed by atoms with Gasteiger partial charge in [-0.15, -0.1) is 11.8 Å². The third-order valence-electron chi connectivity index (χ3n) is 5.70. The first-order chi connectivity index (χ1) is 18.1. The van der Waals surface area contributed by atoms with Gasteiger partial charge in [0, 0.05) is 35.5 Å². The average Bonchev–Trinajstić information content (AvgIpc) is 2.89. The molecule has 0 aliphatic carbocycles. The summed E-state index contributed by atoms with van der Waals surface area (Å²) in [6, 6.07) is 20.4. The molecule has 0 atom stereocenters. The second-order valence-corrected chi connectivity index (χ2v) is 10.3. The number of nitrogen functional groups attached to an aromatic ring is 1. The molecule has 0 unspecified atom stereocenters. The van der Waals surface area contributed by atoms with Crippen molar-refractivity contribution in [1.82, 2.24) is 15.2 Å². The number of pyridine rings is 1. The van der Waals surface area contributed by atoms with Gasteiger partial charge in [0.2, 0.25) is 0 Å². The molecule has 0 bridgehead atoms. The van der Waals surface area contributed by atoms with Crippen LogP contribution in [0.1, 0.15) is 47.8 Å². The van der Waals surface area contributed by atoms with Gasteiger partial charge in [-0.05, 0) is 44.0 Å². The lowest BCUT2D eigenvalue weighted by Crippen LogP contribution is -2.48. The molecule has 1 aromatic heterocycles. The standard InChI is InChI=1S/C28H28N6O3S/c1-28(2,3)34(27(36)37)13-12-32-25(35)20-11-7-8-18(14-20)17-38-26-22(16-30)23(19-9-5-4-6-10-19)21(15-29)24(31)33-26/h4-11,14H,12-13,17H2,1-3H3,(H2,31,33)(H,32,35)(H,36,37). The number of hydrogen-bond donors (Lipinski definition) is 3. The first-order valence-corrected chi connectivity index (χ1v) is 12.7. The average molecular weight is 529 g/mol. The van der Waals surface area contributed by atoms with E-state index in [1.807, 2.05) is 36.4 Å². The number of carbonyl (C=O) groups excluding carboxylic acids is 1. The van der Waals surface area contributed by atoms with Crippen molar-refractivity contribution in [3.05, 3.63) is 76.9 Å². The van der Waals surface area contributed by atoms with Gasteiger partial charge in [-0.25, -0.2) is 9.78 Å². The molecule has 4 N–H and O–H groups in total. The first kappa shape index (κ1) is 28.0. The van der Waals surface area contributed by atoms with Crippen molar-refractivity contribution in [2.24, 2.45) is 0 Å². The van der Waals surface area contributed by atoms with Gasteiger partial charge in [0.05, 0.1) is 5.56 Å². The Bertz CT molecular complexity index is 1420. The minimum Gasteiger partial charge on any atom is -0.465 e. The quantitative estimate of drug-likeness (QED) is 0.349. The molecule has 9 nitrogen and oxygen atoms in total. The Morgan fingerprint density at radius 3 is 2.37 bits per heavy atom. The van der Waals surface area contributed by atoms with E-state index in [0.717, 1.165) is 5.56 Å². The maximum atomic E-state index is 12.7. The minimum atomic E-state index is -1.05. The summed E-state index contributed by atoms with van der Waals surface area (Å²) >= 11 is 1.29. The number of nitrogens with zero attached hydrogens (tertiary/aromatic N) is 4. The van der Waals surface area contributed by atoms with Crippen LogP contribution in [0.15, 0.2) is 59.6 Å². The topological polar surface area (TPSA) is 156 Å². The number of amides is 2. The van der Waals surface area contributed by atoms with Crippen LogP contribution >= 0.6 is 11.8 Å². The van der Waals surface area contributed by atoms with Crippen LogP contribution in [0.2, 0.25) is 0 Å². The molecule has 3 rings (SSSR count). The molecule has 3 aromatic rings. The van der Waals surface area contributed by atoms with E-state index in [1.165, 1.54) is 16.7 Å². The lowest BCUT2D eigenvalue weighted by molar-refractivity contribution is 0.0892. The maximum Gasteiger partial charge on any atom is 0.407 e. The van der Waals surface area contributed by atoms with Crippen molar-refractivity contribution < 1.29 is 14.7 Å². The van der Waals surface area contributed by atoms with Gasteiger partial charge >= 0.3 is 6.09 Å². The van der Waals surface area contributed by atoms with E-state index in [1.54, 1.807) is 39.0 Å². The number of carbonyl (C=O) groups is 2. The number of hydrogen-bond acceptors (Lipinski definition) is 7. The van der Waals surface area contributed by atoms with E-state index >= 15 is 0 Å². The van der Waals surface area contributed by atoms with Crippen LogP contribution in [0.4, 0.5) is 10.6 Å². The SMILES string of the molecule is CC(C)(C)N(CCNC(=O)c1cccc(CSc2nc(N)c(C#N)c(-c3ccccc3)c2C#N)c1)C(=O)O. The van der Waals surface area contributed by atoms with E-state index in [4.69, 9.17) is 5.73 Å². The number of nitrogens with two attached hydrogens (primary N) is 1. The van der Waals surface area contributed by atoms with Crippen molar-refractivity contribution >= 4 is 29.6 Å². The third kappa shape index (κ3) is 6.61. The summed E-state index contributed by atoms with van der Waals surface area (Å²) in [5, 5.41) is 32.2. The zero-order chi connectivity index (χ0) is 27.9. The molecule has 194 valence electrons. The highest BCUT2D eigenvalue weighted by atomic mass is 32.2. The van der Waals surface area contributed by atoms with Crippen LogP contribution in [0.5, 0.6) is 0 Å². The highest BCUT2D eigenvalue weighted by Crippen LogP contribution is 2.36. The van der Waals surface area contributed by atoms with Gasteiger partial charge in [-0.3, -0.25) is 4.79 Å². The number of nitrogens with one attached hydrogen (secondary N) is 1. The van der Waals surface area contributed by atoms with Gasteiger partial charge in [-0.1, -0.05) is 42.5 Å². The fourth-order valence-electron chi connectivity index (χ4n) is 3.85. The van der Waals surface area contributed by atoms with Crippen LogP contribution in [0.3, 0.4) is 0 Å². The van der Waals surface area contributed by atoms with Crippen LogP contribution < -0.4 is 11.1 Å². The second kappa shape index (κ2) is 12.1. The van der Waals surface area contributed by atoms with Crippen LogP contribution in [-0.2, 0) is 5.75 Å². The lowest BCUT2D eigenvalue weighted by atomic mass is 9.97. The fraction of sp³-hybridized carbons (Fsp3) is 0.250. The van der Waals surface area contributed by atoms with Gasteiger partial charge in [-0.2, -0.15) is 10.5 Å². The molecule has 38 heavy (non-hydrogen) atoms. The van der Waals surface area contributed by atoms with Gasteiger partial charge < -0.3 is 21.1 Å². The number of rotatable bonds is 8. The molecule has 2 aromatic carbocycles. The summed E-state index contributed by atoms with van der Waals surface area (Å²) in [6.07, 6.45) is -1.05. The monoisotopic (exact) mass is 528 g/mol. The van der Waals surface area contributed by atoms with Crippen molar-refractivity contribution in [3.63, 3.8) is 0 Å². The molecule has 0 aliphatic heterocycles. The van der Waals surface area contributed by atoms with E-state index < -0.39 is 11.6 Å². The van der Waals surface area contributed by atoms with Crippen LogP contribution in [0.25, 0.3) is 11.1 Å². The number of carboxylic acid groups (broad SMARTS) is 1. The van der Waals surface area contributed by atoms with Crippen molar-refractivity contribution in [1.29, 1.82) is 10.5 Å². The molecular weight excluding hydrogens is 500 g/mol. The number of aromatic nitrogens is 1. The number of anilines is 1. The van der Waals surface area contributed by atoms with Crippen LogP contribution in [0, 0.1) is 22.7 Å². The molecule has 2 amide bonds. The number of nitriles is 2. The summed E-state index contributed by atoms with van der Waals surface area (Å²) in [5.41, 5.74) is 8.32. The Morgan fingerprint density at radius 2 is 1.76 bits per heavy atom. The maximum absolute atomic E-state index is 12.7. The molecule has 0 saturated carbocycles. The zero-order valence-electron chi connectivity index (χ0n) is 21.4. The molecule has 0 aliphatic rings. The Labute approximate surface area is 225 Å². The normalized spacial score (nSPS) is 10.8. The fourth-order valence-corrected chi connectivity index (χ4v) is 4.79. The second-order valence-electron chi connectivity index (χ2n) is 9.37. The Hall–Kier alpha value is -4.54. The van der Waals surface area contributed by atoms with E-state index in [2.05, 4.69) is 22.4 Å². The summed E-state index contributed by atoms with van der Waals surface area (Å²) < 4.78 is 0. The molecule has 0 fully saturated rings. The summed E-state index contributed by atoms with van der Waals surface area (Å²) in [4.78, 5) is 29.8. The summed E-state index contributed by atoms with van der Waals surface area (Å²) in [6.45, 7) is 5.71. The molecule has 1 heterocycles. The van der Waals surface area contributed by atoms with Crippen molar-refractivity contribution in [2.45, 2.75) is 37.1 Å². The largest absolute Gasteiger partial charge is 0.465 e. The van der Waals surface area contributed by atoms with Crippen LogP contribution in [-0.4, -0.2) is 45.6 Å². The van der Waals surface area contributed by atoms with E-state index in [9.17, 15) is 25.2 Å². The first-order valence-electron chi connectivity index (χ1n) is 11.8. The number of thioether (sulfide) groups is 1. The third-order valence-corrected chi connectivity index (χ3v) is 6.75. The number of benzene rings is 2. The summed E-state index contributed by atoms with van der Waals surface area (Å²) in [5.74, 6) is 0.131.